The van der Waals surface area contributed by atoms with E-state index in [-0.39, 0.29) is 0 Å². The Hall–Kier alpha value is -1.56. The van der Waals surface area contributed by atoms with Gasteiger partial charge in [-0.2, -0.15) is 0 Å². The van der Waals surface area contributed by atoms with Gasteiger partial charge in [0.15, 0.2) is 0 Å². The third-order valence-corrected chi connectivity index (χ3v) is 2.17. The Morgan fingerprint density at radius 1 is 1.19 bits per heavy atom. The largest absolute Gasteiger partial charge is 0.0984 e. The molecule has 0 aromatic heterocycles. The van der Waals surface area contributed by atoms with Gasteiger partial charge in [-0.1, -0.05) is 62.6 Å². The van der Waals surface area contributed by atoms with E-state index in [1.165, 1.54) is 5.57 Å². The molecule has 0 atom stereocenters. The lowest BCUT2D eigenvalue weighted by Gasteiger charge is -2.04. The van der Waals surface area contributed by atoms with Gasteiger partial charge >= 0.3 is 0 Å². The summed E-state index contributed by atoms with van der Waals surface area (Å²) in [6.07, 6.45) is 15.2. The zero-order valence-corrected chi connectivity index (χ0v) is 10.7. The van der Waals surface area contributed by atoms with Crippen molar-refractivity contribution in [2.45, 2.75) is 27.2 Å². The third kappa shape index (κ3) is 5.35. The van der Waals surface area contributed by atoms with Gasteiger partial charge in [-0.3, -0.25) is 0 Å². The second-order valence-electron chi connectivity index (χ2n) is 3.52. The Morgan fingerprint density at radius 2 is 1.88 bits per heavy atom. The summed E-state index contributed by atoms with van der Waals surface area (Å²) in [4.78, 5) is 0. The SMILES string of the molecule is C=C/C(C(=C)/C=C\C=C/CC)=C(C)\C=C/C. The summed E-state index contributed by atoms with van der Waals surface area (Å²) in [5.74, 6) is 0. The molecule has 0 aliphatic heterocycles. The summed E-state index contributed by atoms with van der Waals surface area (Å²) < 4.78 is 0. The van der Waals surface area contributed by atoms with Gasteiger partial charge in [0.05, 0.1) is 0 Å². The standard InChI is InChI=1S/C16H22/c1-6-9-10-11-13-15(5)16(8-3)14(4)12-7-2/h7-13H,3,5-6H2,1-2,4H3/b10-9-,12-7-,13-11-,16-14+. The predicted molar refractivity (Wildman–Crippen MR) is 75.4 cm³/mol. The highest BCUT2D eigenvalue weighted by Gasteiger charge is 1.97. The molecule has 0 aliphatic rings. The van der Waals surface area contributed by atoms with Crippen molar-refractivity contribution in [2.24, 2.45) is 0 Å². The van der Waals surface area contributed by atoms with Crippen LogP contribution in [0.3, 0.4) is 0 Å². The fourth-order valence-corrected chi connectivity index (χ4v) is 1.36. The van der Waals surface area contributed by atoms with Gasteiger partial charge < -0.3 is 0 Å². The minimum atomic E-state index is 0.992. The van der Waals surface area contributed by atoms with Crippen molar-refractivity contribution in [3.8, 4) is 0 Å². The Labute approximate surface area is 100 Å². The molecule has 0 aromatic carbocycles. The average molecular weight is 214 g/mol. The van der Waals surface area contributed by atoms with E-state index in [1.54, 1.807) is 0 Å². The van der Waals surface area contributed by atoms with Crippen molar-refractivity contribution in [2.75, 3.05) is 0 Å². The maximum absolute atomic E-state index is 4.04. The van der Waals surface area contributed by atoms with Crippen molar-refractivity contribution in [1.82, 2.24) is 0 Å². The van der Waals surface area contributed by atoms with Crippen molar-refractivity contribution in [1.29, 1.82) is 0 Å². The number of allylic oxidation sites excluding steroid dienone is 10. The van der Waals surface area contributed by atoms with Crippen LogP contribution in [0.15, 0.2) is 72.4 Å². The van der Waals surface area contributed by atoms with E-state index in [9.17, 15) is 0 Å². The van der Waals surface area contributed by atoms with Crippen molar-refractivity contribution in [3.63, 3.8) is 0 Å². The molecule has 0 nitrogen and oxygen atoms in total. The minimum Gasteiger partial charge on any atom is -0.0984 e. The molecule has 0 rings (SSSR count). The quantitative estimate of drug-likeness (QED) is 0.537. The first-order valence-corrected chi connectivity index (χ1v) is 5.65. The number of hydrogen-bond acceptors (Lipinski definition) is 0. The third-order valence-electron chi connectivity index (χ3n) is 2.17. The summed E-state index contributed by atoms with van der Waals surface area (Å²) >= 11 is 0. The first kappa shape index (κ1) is 14.4. The fraction of sp³-hybridized carbons (Fsp3) is 0.250. The van der Waals surface area contributed by atoms with E-state index >= 15 is 0 Å². The maximum Gasteiger partial charge on any atom is -0.0167 e. The van der Waals surface area contributed by atoms with E-state index in [1.807, 2.05) is 37.3 Å². The number of rotatable bonds is 6. The van der Waals surface area contributed by atoms with Crippen molar-refractivity contribution < 1.29 is 0 Å². The average Bonchev–Trinajstić information content (AvgIpc) is 2.26. The molecule has 0 saturated heterocycles. The summed E-state index contributed by atoms with van der Waals surface area (Å²) in [5.41, 5.74) is 3.28. The van der Waals surface area contributed by atoms with Gasteiger partial charge in [-0.25, -0.2) is 0 Å². The topological polar surface area (TPSA) is 0 Å². The van der Waals surface area contributed by atoms with Crippen LogP contribution in [0, 0.1) is 0 Å². The molecule has 0 bridgehead atoms. The van der Waals surface area contributed by atoms with Gasteiger partial charge in [0, 0.05) is 0 Å². The Bertz CT molecular complexity index is 346. The van der Waals surface area contributed by atoms with Gasteiger partial charge in [0.25, 0.3) is 0 Å². The summed E-state index contributed by atoms with van der Waals surface area (Å²) in [6.45, 7) is 14.1. The van der Waals surface area contributed by atoms with Crippen LogP contribution in [-0.4, -0.2) is 0 Å². The van der Waals surface area contributed by atoms with Gasteiger partial charge in [0.1, 0.15) is 0 Å². The van der Waals surface area contributed by atoms with Crippen LogP contribution in [0.4, 0.5) is 0 Å². The molecule has 0 saturated carbocycles. The highest BCUT2D eigenvalue weighted by molar-refractivity contribution is 5.49. The molecule has 0 aromatic rings. The molecule has 86 valence electrons. The zero-order chi connectivity index (χ0) is 12.4. The molecule has 16 heavy (non-hydrogen) atoms. The van der Waals surface area contributed by atoms with E-state index in [0.717, 1.165) is 17.6 Å². The van der Waals surface area contributed by atoms with Crippen LogP contribution in [0.5, 0.6) is 0 Å². The lowest BCUT2D eigenvalue weighted by molar-refractivity contribution is 1.22. The first-order chi connectivity index (χ1) is 7.67. The van der Waals surface area contributed by atoms with Crippen molar-refractivity contribution >= 4 is 0 Å². The molecule has 0 fully saturated rings. The molecule has 0 radical (unpaired) electrons. The van der Waals surface area contributed by atoms with Gasteiger partial charge in [-0.15, -0.1) is 0 Å². The number of hydrogen-bond donors (Lipinski definition) is 0. The fourth-order valence-electron chi connectivity index (χ4n) is 1.36. The Kier molecular flexibility index (Phi) is 7.87. The predicted octanol–water partition coefficient (Wildman–Crippen LogP) is 5.14. The molecule has 0 N–H and O–H groups in total. The molecule has 0 unspecified atom stereocenters. The van der Waals surface area contributed by atoms with Crippen LogP contribution >= 0.6 is 0 Å². The van der Waals surface area contributed by atoms with Crippen LogP contribution in [0.2, 0.25) is 0 Å². The second kappa shape index (κ2) is 8.72. The highest BCUT2D eigenvalue weighted by Crippen LogP contribution is 2.16. The van der Waals surface area contributed by atoms with E-state index in [2.05, 4.69) is 39.2 Å². The maximum atomic E-state index is 4.04. The molecular formula is C16H22. The highest BCUT2D eigenvalue weighted by atomic mass is 14.0. The summed E-state index contributed by atoms with van der Waals surface area (Å²) in [7, 11) is 0. The lowest BCUT2D eigenvalue weighted by atomic mass is 10.0. The molecular weight excluding hydrogens is 192 g/mol. The van der Waals surface area contributed by atoms with Crippen LogP contribution in [0.25, 0.3) is 0 Å². The molecule has 0 heterocycles. The van der Waals surface area contributed by atoms with Gasteiger partial charge in [0.2, 0.25) is 0 Å². The second-order valence-corrected chi connectivity index (χ2v) is 3.52. The van der Waals surface area contributed by atoms with E-state index in [0.29, 0.717) is 0 Å². The van der Waals surface area contributed by atoms with E-state index in [4.69, 9.17) is 0 Å². The van der Waals surface area contributed by atoms with Crippen LogP contribution in [-0.2, 0) is 0 Å². The molecule has 0 amide bonds. The smallest absolute Gasteiger partial charge is 0.0167 e. The zero-order valence-electron chi connectivity index (χ0n) is 10.7. The lowest BCUT2D eigenvalue weighted by Crippen LogP contribution is -1.85. The van der Waals surface area contributed by atoms with Crippen LogP contribution in [0.1, 0.15) is 27.2 Å². The molecule has 0 heteroatoms. The monoisotopic (exact) mass is 214 g/mol. The normalized spacial score (nSPS) is 13.7. The van der Waals surface area contributed by atoms with Crippen LogP contribution < -0.4 is 0 Å². The summed E-state index contributed by atoms with van der Waals surface area (Å²) in [6, 6.07) is 0. The Morgan fingerprint density at radius 3 is 2.38 bits per heavy atom. The molecule has 0 aliphatic carbocycles. The first-order valence-electron chi connectivity index (χ1n) is 5.65. The Balaban J connectivity index is 4.80. The van der Waals surface area contributed by atoms with Gasteiger partial charge in [-0.05, 0) is 37.0 Å². The molecule has 0 spiro atoms. The van der Waals surface area contributed by atoms with E-state index < -0.39 is 0 Å². The summed E-state index contributed by atoms with van der Waals surface area (Å²) in [5, 5.41) is 0. The van der Waals surface area contributed by atoms with Crippen molar-refractivity contribution in [3.05, 3.63) is 72.4 Å². The minimum absolute atomic E-state index is 0.992.